The van der Waals surface area contributed by atoms with E-state index < -0.39 is 0 Å². The highest BCUT2D eigenvalue weighted by Gasteiger charge is 2.22. The van der Waals surface area contributed by atoms with Gasteiger partial charge in [0.15, 0.2) is 11.5 Å². The zero-order chi connectivity index (χ0) is 22.0. The molecule has 1 aliphatic rings. The van der Waals surface area contributed by atoms with Crippen molar-refractivity contribution in [3.05, 3.63) is 58.9 Å². The summed E-state index contributed by atoms with van der Waals surface area (Å²) in [4.78, 5) is 33.8. The molecule has 162 valence electrons. The molecule has 1 aromatic heterocycles. The van der Waals surface area contributed by atoms with Crippen LogP contribution in [-0.2, 0) is 11.3 Å². The van der Waals surface area contributed by atoms with Crippen LogP contribution in [0.25, 0.3) is 10.9 Å². The van der Waals surface area contributed by atoms with Crippen molar-refractivity contribution >= 4 is 22.5 Å². The van der Waals surface area contributed by atoms with Crippen molar-refractivity contribution in [2.75, 3.05) is 45.3 Å². The zero-order valence-corrected chi connectivity index (χ0v) is 17.4. The molecule has 0 N–H and O–H groups in total. The van der Waals surface area contributed by atoms with Crippen LogP contribution in [0, 0.1) is 5.82 Å². The minimum Gasteiger partial charge on any atom is -0.493 e. The van der Waals surface area contributed by atoms with Gasteiger partial charge in [0.1, 0.15) is 12.4 Å². The Morgan fingerprint density at radius 1 is 1.03 bits per heavy atom. The monoisotopic (exact) mass is 426 g/mol. The van der Waals surface area contributed by atoms with Gasteiger partial charge in [-0.25, -0.2) is 9.37 Å². The van der Waals surface area contributed by atoms with Gasteiger partial charge in [-0.05, 0) is 30.3 Å². The molecule has 2 aromatic carbocycles. The lowest BCUT2D eigenvalue weighted by atomic mass is 10.2. The quantitative estimate of drug-likeness (QED) is 0.620. The zero-order valence-electron chi connectivity index (χ0n) is 17.4. The largest absolute Gasteiger partial charge is 0.493 e. The number of carbonyl (C=O) groups is 1. The van der Waals surface area contributed by atoms with Gasteiger partial charge in [0.2, 0.25) is 5.91 Å². The second-order valence-electron chi connectivity index (χ2n) is 7.25. The van der Waals surface area contributed by atoms with Gasteiger partial charge in [0.25, 0.3) is 5.56 Å². The van der Waals surface area contributed by atoms with E-state index in [0.29, 0.717) is 48.6 Å². The number of fused-ring (bicyclic) bond motifs is 1. The molecule has 0 bridgehead atoms. The molecule has 0 unspecified atom stereocenters. The second kappa shape index (κ2) is 8.63. The minimum atomic E-state index is -0.316. The molecule has 1 aliphatic heterocycles. The first-order chi connectivity index (χ1) is 15.0. The lowest BCUT2D eigenvalue weighted by Crippen LogP contribution is -2.50. The highest BCUT2D eigenvalue weighted by molar-refractivity contribution is 5.82. The average molecular weight is 426 g/mol. The fourth-order valence-electron chi connectivity index (χ4n) is 3.71. The highest BCUT2D eigenvalue weighted by Crippen LogP contribution is 2.29. The number of amides is 1. The van der Waals surface area contributed by atoms with Crippen LogP contribution in [0.3, 0.4) is 0 Å². The average Bonchev–Trinajstić information content (AvgIpc) is 2.80. The number of hydrogen-bond donors (Lipinski definition) is 0. The van der Waals surface area contributed by atoms with Crippen molar-refractivity contribution in [1.29, 1.82) is 0 Å². The highest BCUT2D eigenvalue weighted by atomic mass is 19.1. The Bertz CT molecular complexity index is 1150. The first-order valence-electron chi connectivity index (χ1n) is 9.89. The van der Waals surface area contributed by atoms with Crippen LogP contribution >= 0.6 is 0 Å². The molecule has 9 heteroatoms. The molecule has 3 aromatic rings. The Morgan fingerprint density at radius 3 is 2.32 bits per heavy atom. The van der Waals surface area contributed by atoms with E-state index in [2.05, 4.69) is 9.88 Å². The summed E-state index contributed by atoms with van der Waals surface area (Å²) in [6.07, 6.45) is 1.38. The van der Waals surface area contributed by atoms with Gasteiger partial charge in [0.05, 0.1) is 31.4 Å². The maximum atomic E-state index is 13.1. The summed E-state index contributed by atoms with van der Waals surface area (Å²) in [5, 5.41) is 0.356. The predicted molar refractivity (Wildman–Crippen MR) is 114 cm³/mol. The molecule has 1 saturated heterocycles. The van der Waals surface area contributed by atoms with Crippen LogP contribution in [0.1, 0.15) is 0 Å². The number of nitrogens with zero attached hydrogens (tertiary/aromatic N) is 4. The second-order valence-corrected chi connectivity index (χ2v) is 7.25. The smallest absolute Gasteiger partial charge is 0.261 e. The first-order valence-corrected chi connectivity index (χ1v) is 9.89. The van der Waals surface area contributed by atoms with Gasteiger partial charge < -0.3 is 19.3 Å². The van der Waals surface area contributed by atoms with Crippen LogP contribution in [0.5, 0.6) is 11.5 Å². The number of halogens is 1. The topological polar surface area (TPSA) is 76.9 Å². The lowest BCUT2D eigenvalue weighted by Gasteiger charge is -2.36. The van der Waals surface area contributed by atoms with E-state index in [4.69, 9.17) is 9.47 Å². The van der Waals surface area contributed by atoms with Crippen molar-refractivity contribution in [3.63, 3.8) is 0 Å². The van der Waals surface area contributed by atoms with E-state index in [1.54, 1.807) is 29.2 Å². The fraction of sp³-hybridized carbons (Fsp3) is 0.318. The van der Waals surface area contributed by atoms with Crippen LogP contribution in [0.2, 0.25) is 0 Å². The molecule has 4 rings (SSSR count). The molecular formula is C22H23FN4O4. The summed E-state index contributed by atoms with van der Waals surface area (Å²) >= 11 is 0. The van der Waals surface area contributed by atoms with Gasteiger partial charge >= 0.3 is 0 Å². The number of benzene rings is 2. The summed E-state index contributed by atoms with van der Waals surface area (Å²) in [7, 11) is 3.01. The normalized spacial score (nSPS) is 14.0. The van der Waals surface area contributed by atoms with E-state index in [9.17, 15) is 14.0 Å². The summed E-state index contributed by atoms with van der Waals surface area (Å²) in [6, 6.07) is 9.53. The van der Waals surface area contributed by atoms with Crippen LogP contribution in [0.15, 0.2) is 47.5 Å². The third-order valence-electron chi connectivity index (χ3n) is 5.46. The van der Waals surface area contributed by atoms with Gasteiger partial charge in [-0.15, -0.1) is 0 Å². The maximum absolute atomic E-state index is 13.1. The predicted octanol–water partition coefficient (Wildman–Crippen LogP) is 1.90. The molecule has 0 spiro atoms. The molecule has 0 radical (unpaired) electrons. The van der Waals surface area contributed by atoms with Crippen LogP contribution in [0.4, 0.5) is 10.1 Å². The number of piperazine rings is 1. The Hall–Kier alpha value is -3.62. The number of hydrogen-bond acceptors (Lipinski definition) is 6. The summed E-state index contributed by atoms with van der Waals surface area (Å²) < 4.78 is 24.9. The molecule has 1 amide bonds. The van der Waals surface area contributed by atoms with Gasteiger partial charge in [-0.3, -0.25) is 14.2 Å². The number of carbonyl (C=O) groups excluding carboxylic acids is 1. The van der Waals surface area contributed by atoms with E-state index >= 15 is 0 Å². The Kier molecular flexibility index (Phi) is 5.75. The first kappa shape index (κ1) is 20.6. The van der Waals surface area contributed by atoms with Crippen molar-refractivity contribution in [2.24, 2.45) is 0 Å². The molecule has 8 nitrogen and oxygen atoms in total. The number of aromatic nitrogens is 2. The molecule has 31 heavy (non-hydrogen) atoms. The molecule has 0 saturated carbocycles. The standard InChI is InChI=1S/C22H23FN4O4/c1-30-19-11-17-18(12-20(19)31-2)24-14-27(22(17)29)13-21(28)26-9-7-25(8-10-26)16-5-3-15(23)4-6-16/h3-6,11-12,14H,7-10,13H2,1-2H3. The molecular weight excluding hydrogens is 403 g/mol. The van der Waals surface area contributed by atoms with Gasteiger partial charge in [-0.1, -0.05) is 0 Å². The van der Waals surface area contributed by atoms with Gasteiger partial charge in [-0.2, -0.15) is 0 Å². The number of rotatable bonds is 5. The van der Waals surface area contributed by atoms with Crippen molar-refractivity contribution in [1.82, 2.24) is 14.5 Å². The third-order valence-corrected chi connectivity index (χ3v) is 5.46. The van der Waals surface area contributed by atoms with E-state index in [1.807, 2.05) is 0 Å². The number of methoxy groups -OCH3 is 2. The fourth-order valence-corrected chi connectivity index (χ4v) is 3.71. The minimum absolute atomic E-state index is 0.0906. The van der Waals surface area contributed by atoms with E-state index in [0.717, 1.165) is 5.69 Å². The summed E-state index contributed by atoms with van der Waals surface area (Å²) in [5.41, 5.74) is 1.08. The van der Waals surface area contributed by atoms with Crippen molar-refractivity contribution in [2.45, 2.75) is 6.54 Å². The van der Waals surface area contributed by atoms with E-state index in [-0.39, 0.29) is 23.8 Å². The molecule has 1 fully saturated rings. The molecule has 2 heterocycles. The van der Waals surface area contributed by atoms with Crippen LogP contribution < -0.4 is 19.9 Å². The van der Waals surface area contributed by atoms with E-state index in [1.165, 1.54) is 37.2 Å². The Labute approximate surface area is 178 Å². The van der Waals surface area contributed by atoms with Crippen molar-refractivity contribution < 1.29 is 18.7 Å². The number of anilines is 1. The molecule has 0 aliphatic carbocycles. The molecule has 0 atom stereocenters. The number of ether oxygens (including phenoxy) is 2. The third kappa shape index (κ3) is 4.16. The maximum Gasteiger partial charge on any atom is 0.261 e. The van der Waals surface area contributed by atoms with Crippen molar-refractivity contribution in [3.8, 4) is 11.5 Å². The van der Waals surface area contributed by atoms with Crippen LogP contribution in [-0.4, -0.2) is 60.8 Å². The summed E-state index contributed by atoms with van der Waals surface area (Å²) in [5.74, 6) is 0.482. The summed E-state index contributed by atoms with van der Waals surface area (Å²) in [6.45, 7) is 2.24. The SMILES string of the molecule is COc1cc2ncn(CC(=O)N3CCN(c4ccc(F)cc4)CC3)c(=O)c2cc1OC. The van der Waals surface area contributed by atoms with Gasteiger partial charge in [0, 0.05) is 37.9 Å². The lowest BCUT2D eigenvalue weighted by molar-refractivity contribution is -0.132. The Balaban J connectivity index is 1.46. The Morgan fingerprint density at radius 2 is 1.68 bits per heavy atom.